The van der Waals surface area contributed by atoms with Crippen LogP contribution in [0.2, 0.25) is 0 Å². The van der Waals surface area contributed by atoms with Gasteiger partial charge in [0.15, 0.2) is 0 Å². The van der Waals surface area contributed by atoms with Crippen LogP contribution in [-0.2, 0) is 0 Å². The number of ether oxygens (including phenoxy) is 1. The van der Waals surface area contributed by atoms with Gasteiger partial charge in [-0.25, -0.2) is 0 Å². The lowest BCUT2D eigenvalue weighted by atomic mass is 10.1. The third-order valence-electron chi connectivity index (χ3n) is 2.98. The number of hydrogen-bond acceptors (Lipinski definition) is 3. The Morgan fingerprint density at radius 1 is 1.20 bits per heavy atom. The second-order valence-corrected chi connectivity index (χ2v) is 4.39. The maximum Gasteiger partial charge on any atom is 0.261 e. The Kier molecular flexibility index (Phi) is 4.25. The average molecular weight is 270 g/mol. The molecular formula is C16H18N2O2. The summed E-state index contributed by atoms with van der Waals surface area (Å²) in [5.74, 6) is 0.468. The Bertz CT molecular complexity index is 611. The molecule has 0 spiro atoms. The smallest absolute Gasteiger partial charge is 0.261 e. The third kappa shape index (κ3) is 2.91. The van der Waals surface area contributed by atoms with Gasteiger partial charge >= 0.3 is 0 Å². The lowest BCUT2D eigenvalue weighted by molar-refractivity contribution is 0.0989. The molecule has 2 aromatic rings. The van der Waals surface area contributed by atoms with Crippen LogP contribution in [0.4, 0.5) is 11.4 Å². The van der Waals surface area contributed by atoms with Crippen molar-refractivity contribution in [3.8, 4) is 5.75 Å². The molecule has 0 fully saturated rings. The monoisotopic (exact) mass is 270 g/mol. The Labute approximate surface area is 118 Å². The number of hydrogen-bond donors (Lipinski definition) is 1. The maximum atomic E-state index is 12.6. The molecule has 0 atom stereocenters. The zero-order valence-corrected chi connectivity index (χ0v) is 11.7. The molecule has 1 amide bonds. The molecule has 0 aliphatic heterocycles. The summed E-state index contributed by atoms with van der Waals surface area (Å²) < 4.78 is 5.50. The number of amides is 1. The summed E-state index contributed by atoms with van der Waals surface area (Å²) in [6.07, 6.45) is 0. The van der Waals surface area contributed by atoms with Crippen molar-refractivity contribution >= 4 is 17.3 Å². The first-order valence-corrected chi connectivity index (χ1v) is 6.49. The number of rotatable bonds is 4. The summed E-state index contributed by atoms with van der Waals surface area (Å²) in [6, 6.07) is 14.4. The highest BCUT2D eigenvalue weighted by Gasteiger charge is 2.17. The van der Waals surface area contributed by atoms with Crippen LogP contribution in [0.5, 0.6) is 5.75 Å². The van der Waals surface area contributed by atoms with Gasteiger partial charge in [0.2, 0.25) is 0 Å². The van der Waals surface area contributed by atoms with Crippen molar-refractivity contribution in [1.82, 2.24) is 0 Å². The predicted molar refractivity (Wildman–Crippen MR) is 81.2 cm³/mol. The van der Waals surface area contributed by atoms with Gasteiger partial charge in [0, 0.05) is 18.4 Å². The van der Waals surface area contributed by atoms with Gasteiger partial charge in [-0.2, -0.15) is 0 Å². The second-order valence-electron chi connectivity index (χ2n) is 4.39. The highest BCUT2D eigenvalue weighted by Crippen LogP contribution is 2.23. The van der Waals surface area contributed by atoms with Crippen molar-refractivity contribution in [1.29, 1.82) is 0 Å². The molecule has 2 N–H and O–H groups in total. The first kappa shape index (κ1) is 13.9. The SMILES string of the molecule is CCOc1ccccc1C(=O)N(C)c1cccc(N)c1. The molecule has 104 valence electrons. The minimum atomic E-state index is -0.125. The van der Waals surface area contributed by atoms with E-state index in [0.29, 0.717) is 23.6 Å². The van der Waals surface area contributed by atoms with Crippen molar-refractivity contribution in [3.05, 3.63) is 54.1 Å². The van der Waals surface area contributed by atoms with E-state index in [1.807, 2.05) is 31.2 Å². The van der Waals surface area contributed by atoms with Crippen LogP contribution in [0, 0.1) is 0 Å². The summed E-state index contributed by atoms with van der Waals surface area (Å²) in [6.45, 7) is 2.41. The summed E-state index contributed by atoms with van der Waals surface area (Å²) in [5, 5.41) is 0. The van der Waals surface area contributed by atoms with Crippen LogP contribution < -0.4 is 15.4 Å². The van der Waals surface area contributed by atoms with Crippen LogP contribution in [-0.4, -0.2) is 19.6 Å². The van der Waals surface area contributed by atoms with E-state index in [-0.39, 0.29) is 5.91 Å². The van der Waals surface area contributed by atoms with Crippen LogP contribution >= 0.6 is 0 Å². The standard InChI is InChI=1S/C16H18N2O2/c1-3-20-15-10-5-4-9-14(15)16(19)18(2)13-8-6-7-12(17)11-13/h4-11H,3,17H2,1-2H3. The zero-order valence-electron chi connectivity index (χ0n) is 11.7. The van der Waals surface area contributed by atoms with Crippen LogP contribution in [0.25, 0.3) is 0 Å². The number of nitrogens with zero attached hydrogens (tertiary/aromatic N) is 1. The molecule has 4 nitrogen and oxygen atoms in total. The molecule has 0 unspecified atom stereocenters. The molecule has 0 radical (unpaired) electrons. The topological polar surface area (TPSA) is 55.6 Å². The zero-order chi connectivity index (χ0) is 14.5. The lowest BCUT2D eigenvalue weighted by Gasteiger charge is -2.19. The number of nitrogen functional groups attached to an aromatic ring is 1. The highest BCUT2D eigenvalue weighted by atomic mass is 16.5. The largest absolute Gasteiger partial charge is 0.493 e. The first-order valence-electron chi connectivity index (χ1n) is 6.49. The van der Waals surface area contributed by atoms with E-state index in [9.17, 15) is 4.79 Å². The van der Waals surface area contributed by atoms with Gasteiger partial charge in [-0.05, 0) is 37.3 Å². The summed E-state index contributed by atoms with van der Waals surface area (Å²) in [4.78, 5) is 14.1. The number of benzene rings is 2. The highest BCUT2D eigenvalue weighted by molar-refractivity contribution is 6.07. The fourth-order valence-electron chi connectivity index (χ4n) is 1.96. The number of nitrogens with two attached hydrogens (primary N) is 1. The second kappa shape index (κ2) is 6.10. The van der Waals surface area contributed by atoms with Crippen molar-refractivity contribution in [2.45, 2.75) is 6.92 Å². The fourth-order valence-corrected chi connectivity index (χ4v) is 1.96. The minimum absolute atomic E-state index is 0.125. The Hall–Kier alpha value is -2.49. The molecule has 2 aromatic carbocycles. The predicted octanol–water partition coefficient (Wildman–Crippen LogP) is 2.94. The summed E-state index contributed by atoms with van der Waals surface area (Å²) >= 11 is 0. The van der Waals surface area contributed by atoms with Gasteiger partial charge in [-0.15, -0.1) is 0 Å². The summed E-state index contributed by atoms with van der Waals surface area (Å²) in [5.41, 5.74) is 7.67. The van der Waals surface area contributed by atoms with Crippen molar-refractivity contribution in [2.24, 2.45) is 0 Å². The number of carbonyl (C=O) groups excluding carboxylic acids is 1. The van der Waals surface area contributed by atoms with Crippen LogP contribution in [0.3, 0.4) is 0 Å². The van der Waals surface area contributed by atoms with E-state index in [1.165, 1.54) is 0 Å². The van der Waals surface area contributed by atoms with Crippen molar-refractivity contribution < 1.29 is 9.53 Å². The normalized spacial score (nSPS) is 10.1. The van der Waals surface area contributed by atoms with E-state index < -0.39 is 0 Å². The van der Waals surface area contributed by atoms with E-state index >= 15 is 0 Å². The third-order valence-corrected chi connectivity index (χ3v) is 2.98. The van der Waals surface area contributed by atoms with Crippen LogP contribution in [0.1, 0.15) is 17.3 Å². The van der Waals surface area contributed by atoms with Gasteiger partial charge in [-0.1, -0.05) is 18.2 Å². The van der Waals surface area contributed by atoms with E-state index in [4.69, 9.17) is 10.5 Å². The van der Waals surface area contributed by atoms with Crippen LogP contribution in [0.15, 0.2) is 48.5 Å². The Morgan fingerprint density at radius 2 is 1.95 bits per heavy atom. The molecule has 0 aliphatic rings. The first-order chi connectivity index (χ1) is 9.63. The Balaban J connectivity index is 2.31. The lowest BCUT2D eigenvalue weighted by Crippen LogP contribution is -2.26. The molecule has 0 heterocycles. The molecule has 2 rings (SSSR count). The quantitative estimate of drug-likeness (QED) is 0.869. The molecule has 0 aromatic heterocycles. The van der Waals surface area contributed by atoms with Crippen molar-refractivity contribution in [3.63, 3.8) is 0 Å². The van der Waals surface area contributed by atoms with Crippen molar-refractivity contribution in [2.75, 3.05) is 24.3 Å². The van der Waals surface area contributed by atoms with E-state index in [2.05, 4.69) is 0 Å². The summed E-state index contributed by atoms with van der Waals surface area (Å²) in [7, 11) is 1.72. The molecule has 20 heavy (non-hydrogen) atoms. The molecular weight excluding hydrogens is 252 g/mol. The molecule has 4 heteroatoms. The molecule has 0 saturated heterocycles. The number of anilines is 2. The minimum Gasteiger partial charge on any atom is -0.493 e. The van der Waals surface area contributed by atoms with Gasteiger partial charge in [0.25, 0.3) is 5.91 Å². The number of para-hydroxylation sites is 1. The number of carbonyl (C=O) groups is 1. The average Bonchev–Trinajstić information content (AvgIpc) is 2.47. The van der Waals surface area contributed by atoms with E-state index in [1.54, 1.807) is 36.2 Å². The fraction of sp³-hybridized carbons (Fsp3) is 0.188. The molecule has 0 aliphatic carbocycles. The molecule has 0 saturated carbocycles. The molecule has 0 bridgehead atoms. The van der Waals surface area contributed by atoms with E-state index in [0.717, 1.165) is 5.69 Å². The van der Waals surface area contributed by atoms with Gasteiger partial charge in [0.05, 0.1) is 12.2 Å². The van der Waals surface area contributed by atoms with Gasteiger partial charge in [0.1, 0.15) is 5.75 Å². The van der Waals surface area contributed by atoms with Gasteiger partial charge in [-0.3, -0.25) is 4.79 Å². The van der Waals surface area contributed by atoms with Gasteiger partial charge < -0.3 is 15.4 Å². The Morgan fingerprint density at radius 3 is 2.65 bits per heavy atom. The maximum absolute atomic E-state index is 12.6.